The summed E-state index contributed by atoms with van der Waals surface area (Å²) in [5.41, 5.74) is 5.44. The van der Waals surface area contributed by atoms with E-state index in [4.69, 9.17) is 15.2 Å². The van der Waals surface area contributed by atoms with Crippen molar-refractivity contribution in [2.24, 2.45) is 0 Å². The fourth-order valence-corrected chi connectivity index (χ4v) is 3.34. The number of nitrogen functional groups attached to an aromatic ring is 1. The lowest BCUT2D eigenvalue weighted by atomic mass is 10.2. The van der Waals surface area contributed by atoms with Crippen molar-refractivity contribution in [3.05, 3.63) is 5.76 Å². The third kappa shape index (κ3) is 3.76. The van der Waals surface area contributed by atoms with Gasteiger partial charge in [0.1, 0.15) is 6.10 Å². The Morgan fingerprint density at radius 2 is 2.32 bits per heavy atom. The van der Waals surface area contributed by atoms with Gasteiger partial charge in [-0.2, -0.15) is 0 Å². The van der Waals surface area contributed by atoms with E-state index in [1.807, 2.05) is 4.72 Å². The fourth-order valence-electron chi connectivity index (χ4n) is 2.08. The Hall–Kier alpha value is -1.65. The van der Waals surface area contributed by atoms with Crippen molar-refractivity contribution in [2.45, 2.75) is 43.8 Å². The molecule has 0 spiro atoms. The molecule has 0 radical (unpaired) electrons. The molecular formula is C12H19N3O6S. The summed E-state index contributed by atoms with van der Waals surface area (Å²) in [6, 6.07) is 0. The van der Waals surface area contributed by atoms with Crippen LogP contribution in [0.3, 0.4) is 0 Å². The van der Waals surface area contributed by atoms with Gasteiger partial charge in [0, 0.05) is 6.61 Å². The Morgan fingerprint density at radius 3 is 2.86 bits per heavy atom. The molecule has 1 saturated heterocycles. The average Bonchev–Trinajstić information content (AvgIpc) is 3.05. The quantitative estimate of drug-likeness (QED) is 0.740. The normalized spacial score (nSPS) is 20.0. The second kappa shape index (κ2) is 6.63. The molecule has 0 bridgehead atoms. The first-order valence-electron chi connectivity index (χ1n) is 6.83. The third-order valence-electron chi connectivity index (χ3n) is 3.26. The molecule has 3 N–H and O–H groups in total. The zero-order valence-corrected chi connectivity index (χ0v) is 13.2. The zero-order chi connectivity index (χ0) is 16.3. The van der Waals surface area contributed by atoms with Gasteiger partial charge in [-0.25, -0.2) is 13.1 Å². The smallest absolute Gasteiger partial charge is 0.271 e. The topological polar surface area (TPSA) is 134 Å². The first-order chi connectivity index (χ1) is 10.3. The van der Waals surface area contributed by atoms with Crippen molar-refractivity contribution in [3.8, 4) is 0 Å². The van der Waals surface area contributed by atoms with Crippen LogP contribution in [0.25, 0.3) is 0 Å². The van der Waals surface area contributed by atoms with Crippen molar-refractivity contribution in [1.82, 2.24) is 9.88 Å². The van der Waals surface area contributed by atoms with Crippen LogP contribution in [0.15, 0.2) is 9.42 Å². The molecule has 0 unspecified atom stereocenters. The zero-order valence-electron chi connectivity index (χ0n) is 12.4. The molecule has 0 aliphatic carbocycles. The van der Waals surface area contributed by atoms with E-state index in [0.717, 1.165) is 12.8 Å². The molecule has 0 saturated carbocycles. The Morgan fingerprint density at radius 1 is 1.59 bits per heavy atom. The lowest BCUT2D eigenvalue weighted by Crippen LogP contribution is -2.39. The number of amides is 1. The number of aromatic nitrogens is 1. The number of aryl methyl sites for hydroxylation is 1. The van der Waals surface area contributed by atoms with Crippen molar-refractivity contribution in [2.75, 3.05) is 18.9 Å². The van der Waals surface area contributed by atoms with Crippen LogP contribution in [0, 0.1) is 6.92 Å². The minimum absolute atomic E-state index is 0.00530. The molecule has 9 nitrogen and oxygen atoms in total. The number of carbonyl (C=O) groups is 1. The number of anilines is 1. The lowest BCUT2D eigenvalue weighted by molar-refractivity contribution is -0.131. The second-order valence-electron chi connectivity index (χ2n) is 5.03. The van der Waals surface area contributed by atoms with Gasteiger partial charge < -0.3 is 19.7 Å². The van der Waals surface area contributed by atoms with Gasteiger partial charge in [0.25, 0.3) is 15.9 Å². The minimum atomic E-state index is -4.15. The van der Waals surface area contributed by atoms with Crippen LogP contribution in [0.1, 0.15) is 25.5 Å². The molecule has 1 aliphatic heterocycles. The molecule has 1 aromatic heterocycles. The average molecular weight is 333 g/mol. The maximum Gasteiger partial charge on any atom is 0.271 e. The predicted molar refractivity (Wildman–Crippen MR) is 75.4 cm³/mol. The highest BCUT2D eigenvalue weighted by Crippen LogP contribution is 2.21. The molecule has 1 amide bonds. The first kappa shape index (κ1) is 16.7. The summed E-state index contributed by atoms with van der Waals surface area (Å²) >= 11 is 0. The summed E-state index contributed by atoms with van der Waals surface area (Å²) in [4.78, 5) is 11.6. The number of nitrogens with one attached hydrogen (secondary N) is 1. The number of carbonyl (C=O) groups excluding carboxylic acids is 1. The molecule has 2 atom stereocenters. The number of ether oxygens (including phenoxy) is 2. The first-order valence-corrected chi connectivity index (χ1v) is 8.31. The number of rotatable bonds is 6. The van der Waals surface area contributed by atoms with Crippen molar-refractivity contribution < 1.29 is 27.2 Å². The largest absolute Gasteiger partial charge is 0.380 e. The summed E-state index contributed by atoms with van der Waals surface area (Å²) in [5.74, 6) is -1.09. The van der Waals surface area contributed by atoms with E-state index < -0.39 is 22.0 Å². The number of sulfonamides is 1. The van der Waals surface area contributed by atoms with E-state index in [0.29, 0.717) is 6.61 Å². The van der Waals surface area contributed by atoms with Crippen LogP contribution in [0.5, 0.6) is 0 Å². The molecule has 2 rings (SSSR count). The SMILES string of the molecule is Cc1onc(N)c1S(=O)(=O)NC(=O)[C@H](C)OC[C@H]1CCCO1. The highest BCUT2D eigenvalue weighted by molar-refractivity contribution is 7.90. The molecule has 1 aliphatic rings. The molecule has 22 heavy (non-hydrogen) atoms. The summed E-state index contributed by atoms with van der Waals surface area (Å²) < 4.78 is 41.5. The second-order valence-corrected chi connectivity index (χ2v) is 6.65. The standard InChI is InChI=1S/C12H19N3O6S/c1-7-10(11(13)14-21-7)22(17,18)15-12(16)8(2)20-6-9-4-3-5-19-9/h8-9H,3-6H2,1-2H3,(H2,13,14)(H,15,16)/t8-,9+/m0/s1. The maximum atomic E-state index is 12.1. The van der Waals surface area contributed by atoms with Crippen molar-refractivity contribution in [1.29, 1.82) is 0 Å². The monoisotopic (exact) mass is 333 g/mol. The van der Waals surface area contributed by atoms with Crippen LogP contribution < -0.4 is 10.5 Å². The maximum absolute atomic E-state index is 12.1. The van der Waals surface area contributed by atoms with E-state index in [2.05, 4.69) is 9.68 Å². The highest BCUT2D eigenvalue weighted by Gasteiger charge is 2.29. The number of hydrogen-bond donors (Lipinski definition) is 2. The molecule has 1 fully saturated rings. The van der Waals surface area contributed by atoms with E-state index in [-0.39, 0.29) is 29.2 Å². The number of nitrogens with two attached hydrogens (primary N) is 1. The van der Waals surface area contributed by atoms with Gasteiger partial charge >= 0.3 is 0 Å². The molecule has 10 heteroatoms. The van der Waals surface area contributed by atoms with Crippen molar-refractivity contribution >= 4 is 21.7 Å². The fraction of sp³-hybridized carbons (Fsp3) is 0.667. The predicted octanol–water partition coefficient (Wildman–Crippen LogP) is -0.0458. The molecule has 0 aromatic carbocycles. The van der Waals surface area contributed by atoms with E-state index >= 15 is 0 Å². The van der Waals surface area contributed by atoms with E-state index in [1.165, 1.54) is 13.8 Å². The van der Waals surface area contributed by atoms with Gasteiger partial charge in [0.15, 0.2) is 16.5 Å². The number of hydrogen-bond acceptors (Lipinski definition) is 8. The Bertz CT molecular complexity index is 616. The van der Waals surface area contributed by atoms with Crippen LogP contribution in [-0.4, -0.2) is 44.9 Å². The summed E-state index contributed by atoms with van der Waals surface area (Å²) in [5, 5.41) is 3.35. The van der Waals surface area contributed by atoms with Crippen LogP contribution in [0.2, 0.25) is 0 Å². The van der Waals surface area contributed by atoms with Crippen LogP contribution >= 0.6 is 0 Å². The lowest BCUT2D eigenvalue weighted by Gasteiger charge is -2.16. The van der Waals surface area contributed by atoms with Gasteiger partial charge in [-0.15, -0.1) is 0 Å². The molecule has 1 aromatic rings. The molecule has 2 heterocycles. The van der Waals surface area contributed by atoms with Gasteiger partial charge in [0.05, 0.1) is 12.7 Å². The Balaban J connectivity index is 1.95. The third-order valence-corrected chi connectivity index (χ3v) is 4.77. The summed E-state index contributed by atoms with van der Waals surface area (Å²) in [6.45, 7) is 3.77. The molecule has 124 valence electrons. The van der Waals surface area contributed by atoms with Crippen LogP contribution in [-0.2, 0) is 24.3 Å². The summed E-state index contributed by atoms with van der Waals surface area (Å²) in [7, 11) is -4.15. The summed E-state index contributed by atoms with van der Waals surface area (Å²) in [6.07, 6.45) is 0.820. The van der Waals surface area contributed by atoms with Gasteiger partial charge in [-0.3, -0.25) is 4.79 Å². The highest BCUT2D eigenvalue weighted by atomic mass is 32.2. The Kier molecular flexibility index (Phi) is 5.04. The number of nitrogens with zero attached hydrogens (tertiary/aromatic N) is 1. The van der Waals surface area contributed by atoms with Crippen molar-refractivity contribution in [3.63, 3.8) is 0 Å². The molecular weight excluding hydrogens is 314 g/mol. The van der Waals surface area contributed by atoms with Gasteiger partial charge in [-0.05, 0) is 26.7 Å². The van der Waals surface area contributed by atoms with E-state index in [9.17, 15) is 13.2 Å². The van der Waals surface area contributed by atoms with Gasteiger partial charge in [-0.1, -0.05) is 5.16 Å². The van der Waals surface area contributed by atoms with Crippen LogP contribution in [0.4, 0.5) is 5.82 Å². The Labute approximate surface area is 128 Å². The van der Waals surface area contributed by atoms with Gasteiger partial charge in [0.2, 0.25) is 0 Å². The minimum Gasteiger partial charge on any atom is -0.380 e. The van der Waals surface area contributed by atoms with E-state index in [1.54, 1.807) is 0 Å².